The van der Waals surface area contributed by atoms with Crippen molar-refractivity contribution in [3.05, 3.63) is 63.6 Å². The Kier molecular flexibility index (Phi) is 5.82. The topological polar surface area (TPSA) is 96.9 Å². The SMILES string of the molecule is CC(C)c1c(C(=O)N2CCN(c3ccc([N+](=O)[O-])cc3)CC2)cnc2cc(C(C)(C)C)nn12. The van der Waals surface area contributed by atoms with Gasteiger partial charge in [0.2, 0.25) is 0 Å². The van der Waals surface area contributed by atoms with Gasteiger partial charge in [-0.05, 0) is 18.1 Å². The van der Waals surface area contributed by atoms with Crippen LogP contribution in [-0.2, 0) is 5.41 Å². The van der Waals surface area contributed by atoms with Gasteiger partial charge in [-0.1, -0.05) is 34.6 Å². The number of benzene rings is 1. The van der Waals surface area contributed by atoms with Gasteiger partial charge in [0.1, 0.15) is 0 Å². The molecule has 0 unspecified atom stereocenters. The van der Waals surface area contributed by atoms with E-state index in [0.717, 1.165) is 22.7 Å². The number of fused-ring (bicyclic) bond motifs is 1. The van der Waals surface area contributed by atoms with Crippen LogP contribution in [0, 0.1) is 10.1 Å². The summed E-state index contributed by atoms with van der Waals surface area (Å²) in [4.78, 5) is 32.5. The number of piperazine rings is 1. The standard InChI is InChI=1S/C24H30N6O3/c1-16(2)22-19(15-25-21-14-20(24(3,4)5)26-29(21)22)23(31)28-12-10-27(11-13-28)17-6-8-18(9-7-17)30(32)33/h6-9,14-16H,10-13H2,1-5H3. The lowest BCUT2D eigenvalue weighted by atomic mass is 9.93. The fraction of sp³-hybridized carbons (Fsp3) is 0.458. The Morgan fingerprint density at radius 1 is 1.09 bits per heavy atom. The molecule has 1 aliphatic rings. The van der Waals surface area contributed by atoms with E-state index in [1.54, 1.807) is 18.3 Å². The Bertz CT molecular complexity index is 1190. The highest BCUT2D eigenvalue weighted by Gasteiger charge is 2.28. The Morgan fingerprint density at radius 3 is 2.27 bits per heavy atom. The summed E-state index contributed by atoms with van der Waals surface area (Å²) >= 11 is 0. The maximum atomic E-state index is 13.5. The number of carbonyl (C=O) groups excluding carboxylic acids is 1. The number of aromatic nitrogens is 3. The van der Waals surface area contributed by atoms with Gasteiger partial charge in [0.25, 0.3) is 11.6 Å². The smallest absolute Gasteiger partial charge is 0.269 e. The average Bonchev–Trinajstić information content (AvgIpc) is 3.23. The number of nitrogens with zero attached hydrogens (tertiary/aromatic N) is 6. The summed E-state index contributed by atoms with van der Waals surface area (Å²) in [6.45, 7) is 12.9. The number of nitro groups is 1. The molecule has 1 saturated heterocycles. The second-order valence-corrected chi connectivity index (χ2v) is 9.81. The van der Waals surface area contributed by atoms with Gasteiger partial charge in [-0.25, -0.2) is 9.50 Å². The van der Waals surface area contributed by atoms with Crippen LogP contribution < -0.4 is 4.90 Å². The summed E-state index contributed by atoms with van der Waals surface area (Å²) in [5.41, 5.74) is 4.04. The van der Waals surface area contributed by atoms with E-state index in [1.165, 1.54) is 12.1 Å². The van der Waals surface area contributed by atoms with Gasteiger partial charge < -0.3 is 9.80 Å². The monoisotopic (exact) mass is 450 g/mol. The van der Waals surface area contributed by atoms with Gasteiger partial charge in [-0.3, -0.25) is 14.9 Å². The molecule has 0 spiro atoms. The number of anilines is 1. The Hall–Kier alpha value is -3.49. The molecular weight excluding hydrogens is 420 g/mol. The fourth-order valence-corrected chi connectivity index (χ4v) is 4.16. The first-order valence-corrected chi connectivity index (χ1v) is 11.2. The number of nitro benzene ring substituents is 1. The van der Waals surface area contributed by atoms with E-state index < -0.39 is 4.92 Å². The largest absolute Gasteiger partial charge is 0.368 e. The number of hydrogen-bond donors (Lipinski definition) is 0. The predicted molar refractivity (Wildman–Crippen MR) is 127 cm³/mol. The Balaban J connectivity index is 1.55. The van der Waals surface area contributed by atoms with Crippen molar-refractivity contribution < 1.29 is 9.72 Å². The lowest BCUT2D eigenvalue weighted by Gasteiger charge is -2.36. The van der Waals surface area contributed by atoms with Crippen molar-refractivity contribution in [2.24, 2.45) is 0 Å². The first kappa shape index (κ1) is 22.7. The van der Waals surface area contributed by atoms with Crippen molar-refractivity contribution in [1.29, 1.82) is 0 Å². The number of hydrogen-bond acceptors (Lipinski definition) is 6. The fourth-order valence-electron chi connectivity index (χ4n) is 4.16. The number of rotatable bonds is 4. The molecule has 3 heterocycles. The number of non-ortho nitro benzene ring substituents is 1. The Labute approximate surface area is 193 Å². The molecule has 0 aliphatic carbocycles. The molecule has 0 N–H and O–H groups in total. The van der Waals surface area contributed by atoms with E-state index in [-0.39, 0.29) is 22.9 Å². The summed E-state index contributed by atoms with van der Waals surface area (Å²) in [5, 5.41) is 15.7. The third-order valence-electron chi connectivity index (χ3n) is 6.06. The summed E-state index contributed by atoms with van der Waals surface area (Å²) in [7, 11) is 0. The lowest BCUT2D eigenvalue weighted by Crippen LogP contribution is -2.49. The number of carbonyl (C=O) groups is 1. The van der Waals surface area contributed by atoms with Crippen LogP contribution in [0.15, 0.2) is 36.5 Å². The van der Waals surface area contributed by atoms with Crippen molar-refractivity contribution in [2.75, 3.05) is 31.1 Å². The third-order valence-corrected chi connectivity index (χ3v) is 6.06. The maximum absolute atomic E-state index is 13.5. The zero-order valence-corrected chi connectivity index (χ0v) is 19.8. The van der Waals surface area contributed by atoms with Crippen LogP contribution in [0.25, 0.3) is 5.65 Å². The molecule has 2 aromatic heterocycles. The van der Waals surface area contributed by atoms with Crippen LogP contribution in [0.3, 0.4) is 0 Å². The Morgan fingerprint density at radius 2 is 1.73 bits per heavy atom. The molecule has 9 heteroatoms. The highest BCUT2D eigenvalue weighted by Crippen LogP contribution is 2.27. The highest BCUT2D eigenvalue weighted by molar-refractivity contribution is 5.95. The molecule has 174 valence electrons. The van der Waals surface area contributed by atoms with Crippen LogP contribution in [0.2, 0.25) is 0 Å². The molecule has 1 fully saturated rings. The molecule has 9 nitrogen and oxygen atoms in total. The second-order valence-electron chi connectivity index (χ2n) is 9.81. The van der Waals surface area contributed by atoms with E-state index in [4.69, 9.17) is 5.10 Å². The molecule has 0 saturated carbocycles. The minimum atomic E-state index is -0.401. The average molecular weight is 451 g/mol. The molecule has 1 aromatic carbocycles. The zero-order chi connectivity index (χ0) is 23.9. The molecular formula is C24H30N6O3. The summed E-state index contributed by atoms with van der Waals surface area (Å²) in [6, 6.07) is 8.53. The van der Waals surface area contributed by atoms with Gasteiger partial charge in [-0.15, -0.1) is 0 Å². The summed E-state index contributed by atoms with van der Waals surface area (Å²) in [6.07, 6.45) is 1.68. The number of amides is 1. The van der Waals surface area contributed by atoms with Crippen LogP contribution in [0.1, 0.15) is 62.3 Å². The molecule has 1 aliphatic heterocycles. The van der Waals surface area contributed by atoms with Gasteiger partial charge in [0, 0.05) is 61.7 Å². The van der Waals surface area contributed by atoms with Crippen LogP contribution in [0.5, 0.6) is 0 Å². The lowest BCUT2D eigenvalue weighted by molar-refractivity contribution is -0.384. The summed E-state index contributed by atoms with van der Waals surface area (Å²) < 4.78 is 1.83. The van der Waals surface area contributed by atoms with Crippen molar-refractivity contribution in [1.82, 2.24) is 19.5 Å². The molecule has 0 atom stereocenters. The minimum absolute atomic E-state index is 0.0377. The van der Waals surface area contributed by atoms with Crippen molar-refractivity contribution in [2.45, 2.75) is 46.0 Å². The highest BCUT2D eigenvalue weighted by atomic mass is 16.6. The van der Waals surface area contributed by atoms with Crippen molar-refractivity contribution in [3.63, 3.8) is 0 Å². The van der Waals surface area contributed by atoms with Gasteiger partial charge >= 0.3 is 0 Å². The van der Waals surface area contributed by atoms with E-state index >= 15 is 0 Å². The van der Waals surface area contributed by atoms with Gasteiger partial charge in [0.15, 0.2) is 5.65 Å². The van der Waals surface area contributed by atoms with Gasteiger partial charge in [-0.2, -0.15) is 5.10 Å². The van der Waals surface area contributed by atoms with Crippen LogP contribution in [0.4, 0.5) is 11.4 Å². The van der Waals surface area contributed by atoms with Crippen molar-refractivity contribution >= 4 is 22.9 Å². The summed E-state index contributed by atoms with van der Waals surface area (Å²) in [5.74, 6) is 0.0628. The van der Waals surface area contributed by atoms with E-state index in [1.807, 2.05) is 15.5 Å². The first-order chi connectivity index (χ1) is 15.6. The molecule has 1 amide bonds. The van der Waals surface area contributed by atoms with Crippen LogP contribution >= 0.6 is 0 Å². The first-order valence-electron chi connectivity index (χ1n) is 11.2. The minimum Gasteiger partial charge on any atom is -0.368 e. The predicted octanol–water partition coefficient (Wildman–Crippen LogP) is 4.02. The molecule has 4 rings (SSSR count). The molecule has 33 heavy (non-hydrogen) atoms. The van der Waals surface area contributed by atoms with Gasteiger partial charge in [0.05, 0.1) is 21.9 Å². The quantitative estimate of drug-likeness (QED) is 0.440. The van der Waals surface area contributed by atoms with E-state index in [2.05, 4.69) is 44.5 Å². The molecule has 0 bridgehead atoms. The normalized spacial score (nSPS) is 14.8. The van der Waals surface area contributed by atoms with Crippen molar-refractivity contribution in [3.8, 4) is 0 Å². The maximum Gasteiger partial charge on any atom is 0.269 e. The second kappa shape index (κ2) is 8.46. The van der Waals surface area contributed by atoms with E-state index in [9.17, 15) is 14.9 Å². The van der Waals surface area contributed by atoms with Crippen LogP contribution in [-0.4, -0.2) is 56.5 Å². The molecule has 0 radical (unpaired) electrons. The zero-order valence-electron chi connectivity index (χ0n) is 19.8. The molecule has 3 aromatic rings. The van der Waals surface area contributed by atoms with E-state index in [0.29, 0.717) is 31.7 Å². The third kappa shape index (κ3) is 4.40.